The van der Waals surface area contributed by atoms with Crippen LogP contribution >= 0.6 is 0 Å². The van der Waals surface area contributed by atoms with Crippen molar-refractivity contribution in [1.82, 2.24) is 25.6 Å². The van der Waals surface area contributed by atoms with Crippen LogP contribution < -0.4 is 26.2 Å². The van der Waals surface area contributed by atoms with E-state index in [4.69, 9.17) is 0 Å². The van der Waals surface area contributed by atoms with Crippen LogP contribution in [0.2, 0.25) is 0 Å². The van der Waals surface area contributed by atoms with Crippen molar-refractivity contribution in [2.75, 3.05) is 28.6 Å². The molecule has 0 radical (unpaired) electrons. The summed E-state index contributed by atoms with van der Waals surface area (Å²) in [6, 6.07) is 10.9. The first-order valence-corrected chi connectivity index (χ1v) is 12.2. The van der Waals surface area contributed by atoms with Gasteiger partial charge in [-0.1, -0.05) is 6.92 Å². The third-order valence-corrected chi connectivity index (χ3v) is 5.80. The number of pyridine rings is 1. The molecule has 2 atom stereocenters. The second-order valence-electron chi connectivity index (χ2n) is 10.3. The van der Waals surface area contributed by atoms with Crippen LogP contribution in [-0.4, -0.2) is 51.7 Å². The summed E-state index contributed by atoms with van der Waals surface area (Å²) in [5.41, 5.74) is 3.21. The molecule has 0 spiro atoms. The highest BCUT2D eigenvalue weighted by molar-refractivity contribution is 5.91. The number of hydrogen-bond donors (Lipinski definition) is 4. The Morgan fingerprint density at radius 1 is 1.11 bits per heavy atom. The number of piperazine rings is 1. The molecule has 3 aromatic rings. The number of hydrogen-bond acceptors (Lipinski definition) is 7. The van der Waals surface area contributed by atoms with E-state index in [1.807, 2.05) is 45.9 Å². The van der Waals surface area contributed by atoms with E-state index in [-0.39, 0.29) is 11.6 Å². The van der Waals surface area contributed by atoms with Gasteiger partial charge < -0.3 is 20.9 Å². The Morgan fingerprint density at radius 3 is 2.43 bits per heavy atom. The Balaban J connectivity index is 1.51. The molecular weight excluding hydrogens is 440 g/mol. The zero-order valence-corrected chi connectivity index (χ0v) is 21.4. The lowest BCUT2D eigenvalue weighted by Crippen LogP contribution is -2.54. The monoisotopic (exact) mass is 476 g/mol. The summed E-state index contributed by atoms with van der Waals surface area (Å²) in [4.78, 5) is 28.5. The number of nitrogens with zero attached hydrogens (tertiary/aromatic N) is 4. The Bertz CT molecular complexity index is 1180. The molecule has 1 aliphatic rings. The summed E-state index contributed by atoms with van der Waals surface area (Å²) in [7, 11) is 0. The molecule has 35 heavy (non-hydrogen) atoms. The smallest absolute Gasteiger partial charge is 0.320 e. The minimum atomic E-state index is -0.344. The first kappa shape index (κ1) is 24.7. The Hall–Kier alpha value is -3.46. The van der Waals surface area contributed by atoms with Crippen molar-refractivity contribution in [3.8, 4) is 0 Å². The van der Waals surface area contributed by atoms with Gasteiger partial charge in [0.1, 0.15) is 5.82 Å². The molecule has 9 heteroatoms. The zero-order valence-electron chi connectivity index (χ0n) is 21.4. The number of fused-ring (bicyclic) bond motifs is 1. The first-order valence-electron chi connectivity index (χ1n) is 12.2. The van der Waals surface area contributed by atoms with Crippen LogP contribution in [0.4, 0.5) is 27.9 Å². The molecule has 1 aliphatic heterocycles. The van der Waals surface area contributed by atoms with E-state index < -0.39 is 0 Å². The van der Waals surface area contributed by atoms with Crippen LogP contribution in [0.25, 0.3) is 11.0 Å². The van der Waals surface area contributed by atoms with Crippen molar-refractivity contribution in [3.05, 3.63) is 42.1 Å². The third-order valence-electron chi connectivity index (χ3n) is 5.80. The van der Waals surface area contributed by atoms with Gasteiger partial charge in [0.2, 0.25) is 5.95 Å². The summed E-state index contributed by atoms with van der Waals surface area (Å²) in [6.07, 6.45) is 2.48. The Morgan fingerprint density at radius 2 is 1.80 bits per heavy atom. The molecule has 1 aromatic carbocycles. The number of carbonyl (C=O) groups excluding carboxylic acids is 1. The van der Waals surface area contributed by atoms with Gasteiger partial charge in [0, 0.05) is 53.7 Å². The molecule has 0 saturated carbocycles. The summed E-state index contributed by atoms with van der Waals surface area (Å²) in [5, 5.41) is 13.4. The second kappa shape index (κ2) is 10.0. The van der Waals surface area contributed by atoms with Gasteiger partial charge >= 0.3 is 6.03 Å². The van der Waals surface area contributed by atoms with Crippen LogP contribution in [0.1, 0.15) is 47.1 Å². The molecule has 1 saturated heterocycles. The number of nitrogens with one attached hydrogen (secondary N) is 4. The highest BCUT2D eigenvalue weighted by Crippen LogP contribution is 2.24. The van der Waals surface area contributed by atoms with Crippen LogP contribution in [0.5, 0.6) is 0 Å². The van der Waals surface area contributed by atoms with E-state index in [1.54, 1.807) is 6.20 Å². The maximum absolute atomic E-state index is 12.4. The average molecular weight is 477 g/mol. The van der Waals surface area contributed by atoms with Gasteiger partial charge in [0.05, 0.1) is 0 Å². The first-order chi connectivity index (χ1) is 16.6. The minimum Gasteiger partial charge on any atom is -0.368 e. The SMILES string of the molecule is CCc1cc2cnc(Nc3ccc(N4CC(C)NC(C)C4)cc3)nc2nc1NC(=O)NC(C)(C)C. The van der Waals surface area contributed by atoms with Crippen molar-refractivity contribution < 1.29 is 4.79 Å². The van der Waals surface area contributed by atoms with E-state index >= 15 is 0 Å². The molecule has 1 fully saturated rings. The van der Waals surface area contributed by atoms with Crippen LogP contribution in [-0.2, 0) is 6.42 Å². The van der Waals surface area contributed by atoms with Gasteiger partial charge in [0.15, 0.2) is 5.65 Å². The van der Waals surface area contributed by atoms with Gasteiger partial charge in [-0.05, 0) is 76.9 Å². The maximum Gasteiger partial charge on any atom is 0.320 e. The molecule has 4 rings (SSSR count). The molecule has 186 valence electrons. The number of aromatic nitrogens is 3. The normalized spacial score (nSPS) is 18.4. The predicted octanol–water partition coefficient (Wildman–Crippen LogP) is 4.44. The molecule has 2 unspecified atom stereocenters. The number of carbonyl (C=O) groups is 1. The molecular formula is C26H36N8O. The topological polar surface area (TPSA) is 107 Å². The molecule has 2 amide bonds. The quantitative estimate of drug-likeness (QED) is 0.431. The Kier molecular flexibility index (Phi) is 7.07. The van der Waals surface area contributed by atoms with E-state index in [1.165, 1.54) is 5.69 Å². The number of anilines is 4. The van der Waals surface area contributed by atoms with E-state index in [2.05, 4.69) is 67.1 Å². The fourth-order valence-electron chi connectivity index (χ4n) is 4.35. The predicted molar refractivity (Wildman–Crippen MR) is 143 cm³/mol. The lowest BCUT2D eigenvalue weighted by molar-refractivity contribution is 0.243. The minimum absolute atomic E-state index is 0.292. The van der Waals surface area contributed by atoms with Crippen molar-refractivity contribution in [2.45, 2.75) is 65.6 Å². The fourth-order valence-corrected chi connectivity index (χ4v) is 4.35. The zero-order chi connectivity index (χ0) is 25.2. The van der Waals surface area contributed by atoms with Gasteiger partial charge in [-0.25, -0.2) is 14.8 Å². The lowest BCUT2D eigenvalue weighted by atomic mass is 10.1. The van der Waals surface area contributed by atoms with E-state index in [0.29, 0.717) is 29.5 Å². The standard InChI is InChI=1S/C26H36N8O/c1-7-18-12-19-13-27-24(31-23(19)30-22(18)32-25(35)33-26(4,5)6)29-20-8-10-21(11-9-20)34-14-16(2)28-17(3)15-34/h8-13,16-17,28H,7,14-15H2,1-6H3,(H3,27,29,30,31,32,33,35). The van der Waals surface area contributed by atoms with Crippen LogP contribution in [0.15, 0.2) is 36.5 Å². The molecule has 4 N–H and O–H groups in total. The number of benzene rings is 1. The molecule has 3 heterocycles. The van der Waals surface area contributed by atoms with Crippen molar-refractivity contribution in [2.24, 2.45) is 0 Å². The van der Waals surface area contributed by atoms with Crippen molar-refractivity contribution in [1.29, 1.82) is 0 Å². The largest absolute Gasteiger partial charge is 0.368 e. The summed E-state index contributed by atoms with van der Waals surface area (Å²) in [5.74, 6) is 0.965. The fraction of sp³-hybridized carbons (Fsp3) is 0.462. The van der Waals surface area contributed by atoms with Gasteiger partial charge in [-0.2, -0.15) is 4.98 Å². The number of amides is 2. The van der Waals surface area contributed by atoms with Gasteiger partial charge in [-0.15, -0.1) is 0 Å². The van der Waals surface area contributed by atoms with E-state index in [0.717, 1.165) is 36.1 Å². The average Bonchev–Trinajstić information content (AvgIpc) is 2.77. The molecule has 9 nitrogen and oxygen atoms in total. The number of urea groups is 1. The molecule has 0 aliphatic carbocycles. The number of rotatable bonds is 5. The lowest BCUT2D eigenvalue weighted by Gasteiger charge is -2.37. The second-order valence-corrected chi connectivity index (χ2v) is 10.3. The van der Waals surface area contributed by atoms with Gasteiger partial charge in [-0.3, -0.25) is 5.32 Å². The molecule has 2 aromatic heterocycles. The summed E-state index contributed by atoms with van der Waals surface area (Å²) >= 11 is 0. The van der Waals surface area contributed by atoms with Gasteiger partial charge in [0.25, 0.3) is 0 Å². The van der Waals surface area contributed by atoms with E-state index in [9.17, 15) is 4.79 Å². The Labute approximate surface area is 207 Å². The van der Waals surface area contributed by atoms with Crippen LogP contribution in [0, 0.1) is 0 Å². The third kappa shape index (κ3) is 6.36. The summed E-state index contributed by atoms with van der Waals surface area (Å²) in [6.45, 7) is 14.2. The van der Waals surface area contributed by atoms with Crippen molar-refractivity contribution >= 4 is 40.2 Å². The highest BCUT2D eigenvalue weighted by atomic mass is 16.2. The van der Waals surface area contributed by atoms with Crippen molar-refractivity contribution in [3.63, 3.8) is 0 Å². The van der Waals surface area contributed by atoms with Crippen LogP contribution in [0.3, 0.4) is 0 Å². The molecule has 0 bridgehead atoms. The highest BCUT2D eigenvalue weighted by Gasteiger charge is 2.21. The number of aryl methyl sites for hydroxylation is 1. The summed E-state index contributed by atoms with van der Waals surface area (Å²) < 4.78 is 0. The maximum atomic E-state index is 12.4.